The number of sulfone groups is 1. The number of halogens is 1. The summed E-state index contributed by atoms with van der Waals surface area (Å²) in [6, 6.07) is 2.93. The van der Waals surface area contributed by atoms with Gasteiger partial charge in [-0.05, 0) is 25.5 Å². The molecule has 5 nitrogen and oxygen atoms in total. The first-order valence-electron chi connectivity index (χ1n) is 5.57. The van der Waals surface area contributed by atoms with Crippen molar-refractivity contribution in [1.29, 1.82) is 0 Å². The van der Waals surface area contributed by atoms with E-state index in [0.29, 0.717) is 5.56 Å². The second kappa shape index (κ2) is 5.79. The molecule has 7 heteroatoms. The van der Waals surface area contributed by atoms with Crippen LogP contribution < -0.4 is 5.73 Å². The molecule has 106 valence electrons. The smallest absolute Gasteiger partial charge is 0.342 e. The Labute approximate surface area is 117 Å². The van der Waals surface area contributed by atoms with Gasteiger partial charge in [0, 0.05) is 6.26 Å². The quantitative estimate of drug-likeness (QED) is 0.679. The molecule has 1 aromatic rings. The number of rotatable bonds is 4. The van der Waals surface area contributed by atoms with Gasteiger partial charge in [-0.15, -0.1) is 0 Å². The summed E-state index contributed by atoms with van der Waals surface area (Å²) in [6.07, 6.45) is 0.772. The number of ether oxygens (including phenoxy) is 1. The molecule has 0 saturated carbocycles. The maximum Gasteiger partial charge on any atom is 0.342 e. The largest absolute Gasteiger partial charge is 0.459 e. The van der Waals surface area contributed by atoms with Gasteiger partial charge in [0.15, 0.2) is 9.84 Å². The topological polar surface area (TPSA) is 86.5 Å². The van der Waals surface area contributed by atoms with Gasteiger partial charge in [0.1, 0.15) is 5.56 Å². The number of carbonyl (C=O) groups excluding carboxylic acids is 1. The molecule has 0 bridgehead atoms. The van der Waals surface area contributed by atoms with E-state index in [2.05, 4.69) is 0 Å². The third-order valence-electron chi connectivity index (χ3n) is 2.25. The van der Waals surface area contributed by atoms with Crippen molar-refractivity contribution >= 4 is 33.1 Å². The second-order valence-corrected chi connectivity index (χ2v) is 7.07. The van der Waals surface area contributed by atoms with Crippen molar-refractivity contribution < 1.29 is 17.9 Å². The number of esters is 1. The number of benzene rings is 1. The van der Waals surface area contributed by atoms with Crippen LogP contribution in [0, 0.1) is 0 Å². The number of carbonyl (C=O) groups is 1. The van der Waals surface area contributed by atoms with Gasteiger partial charge in [0.25, 0.3) is 0 Å². The van der Waals surface area contributed by atoms with Crippen molar-refractivity contribution in [3.8, 4) is 0 Å². The second-order valence-electron chi connectivity index (χ2n) is 4.52. The summed E-state index contributed by atoms with van der Waals surface area (Å²) in [5.74, 6) is -0.911. The molecule has 1 rings (SSSR count). The molecule has 19 heavy (non-hydrogen) atoms. The molecule has 0 saturated heterocycles. The number of nitrogen functional groups attached to an aromatic ring is 1. The number of anilines is 1. The van der Waals surface area contributed by atoms with E-state index in [0.717, 1.165) is 6.26 Å². The minimum Gasteiger partial charge on any atom is -0.459 e. The molecule has 2 N–H and O–H groups in total. The monoisotopic (exact) mass is 305 g/mol. The van der Waals surface area contributed by atoms with Gasteiger partial charge in [-0.1, -0.05) is 17.7 Å². The van der Waals surface area contributed by atoms with Crippen molar-refractivity contribution in [2.45, 2.75) is 25.7 Å². The molecule has 0 amide bonds. The van der Waals surface area contributed by atoms with Gasteiger partial charge in [-0.25, -0.2) is 13.2 Å². The molecule has 0 heterocycles. The summed E-state index contributed by atoms with van der Waals surface area (Å²) in [4.78, 5) is 11.9. The van der Waals surface area contributed by atoms with E-state index in [1.54, 1.807) is 13.8 Å². The van der Waals surface area contributed by atoms with Crippen molar-refractivity contribution in [3.05, 3.63) is 28.3 Å². The Morgan fingerprint density at radius 2 is 2.00 bits per heavy atom. The minimum atomic E-state index is -3.25. The van der Waals surface area contributed by atoms with Crippen LogP contribution in [0.25, 0.3) is 0 Å². The lowest BCUT2D eigenvalue weighted by Crippen LogP contribution is -2.15. The van der Waals surface area contributed by atoms with Gasteiger partial charge >= 0.3 is 5.97 Å². The lowest BCUT2D eigenvalue weighted by Gasteiger charge is -2.13. The molecule has 0 fully saturated rings. The number of hydrogen-bond acceptors (Lipinski definition) is 5. The highest BCUT2D eigenvalue weighted by Gasteiger charge is 2.20. The van der Waals surface area contributed by atoms with E-state index < -0.39 is 15.8 Å². The predicted octanol–water partition coefficient (Wildman–Crippen LogP) is 2.03. The van der Waals surface area contributed by atoms with Crippen LogP contribution in [0.2, 0.25) is 5.02 Å². The Morgan fingerprint density at radius 1 is 1.42 bits per heavy atom. The number of hydrogen-bond donors (Lipinski definition) is 1. The van der Waals surface area contributed by atoms with Crippen LogP contribution >= 0.6 is 11.6 Å². The third kappa shape index (κ3) is 4.40. The molecule has 0 aliphatic heterocycles. The highest BCUT2D eigenvalue weighted by Crippen LogP contribution is 2.28. The fourth-order valence-corrected chi connectivity index (χ4v) is 2.58. The van der Waals surface area contributed by atoms with Crippen molar-refractivity contribution in [3.63, 3.8) is 0 Å². The maximum absolute atomic E-state index is 11.9. The molecule has 0 atom stereocenters. The molecule has 1 aromatic carbocycles. The van der Waals surface area contributed by atoms with Gasteiger partial charge in [-0.3, -0.25) is 0 Å². The molecule has 0 aliphatic carbocycles. The van der Waals surface area contributed by atoms with E-state index in [1.807, 2.05) is 0 Å². The molecular formula is C12H16ClNO4S. The van der Waals surface area contributed by atoms with Crippen LogP contribution in [0.5, 0.6) is 0 Å². The average Bonchev–Trinajstić information content (AvgIpc) is 2.19. The minimum absolute atomic E-state index is 0.0107. The summed E-state index contributed by atoms with van der Waals surface area (Å²) < 4.78 is 27.6. The fourth-order valence-electron chi connectivity index (χ4n) is 1.52. The zero-order valence-corrected chi connectivity index (χ0v) is 12.5. The van der Waals surface area contributed by atoms with Crippen LogP contribution in [0.4, 0.5) is 5.69 Å². The first-order valence-corrected chi connectivity index (χ1v) is 8.01. The predicted molar refractivity (Wildman–Crippen MR) is 75.0 cm³/mol. The van der Waals surface area contributed by atoms with E-state index in [9.17, 15) is 13.2 Å². The highest BCUT2D eigenvalue weighted by molar-refractivity contribution is 7.89. The van der Waals surface area contributed by atoms with Gasteiger partial charge in [0.05, 0.1) is 22.6 Å². The lowest BCUT2D eigenvalue weighted by molar-refractivity contribution is 0.0379. The van der Waals surface area contributed by atoms with E-state index in [1.165, 1.54) is 12.1 Å². The third-order valence-corrected chi connectivity index (χ3v) is 3.40. The summed E-state index contributed by atoms with van der Waals surface area (Å²) in [6.45, 7) is 3.39. The van der Waals surface area contributed by atoms with Crippen molar-refractivity contribution in [2.24, 2.45) is 0 Å². The van der Waals surface area contributed by atoms with Gasteiger partial charge in [-0.2, -0.15) is 0 Å². The van der Waals surface area contributed by atoms with E-state index >= 15 is 0 Å². The zero-order chi connectivity index (χ0) is 14.8. The molecule has 0 aliphatic rings. The Balaban J connectivity index is 3.25. The van der Waals surface area contributed by atoms with Crippen molar-refractivity contribution in [1.82, 2.24) is 0 Å². The van der Waals surface area contributed by atoms with Crippen LogP contribution in [0.3, 0.4) is 0 Å². The fraction of sp³-hybridized carbons (Fsp3) is 0.417. The van der Waals surface area contributed by atoms with Crippen LogP contribution in [-0.4, -0.2) is 26.7 Å². The summed E-state index contributed by atoms with van der Waals surface area (Å²) in [7, 11) is -3.25. The standard InChI is InChI=1S/C12H16ClNO4S/c1-7(2)18-12(15)10-9(13)5-4-8(11(10)14)6-19(3,16)17/h4-5,7H,6,14H2,1-3H3. The van der Waals surface area contributed by atoms with Crippen LogP contribution in [0.15, 0.2) is 12.1 Å². The normalized spacial score (nSPS) is 11.6. The highest BCUT2D eigenvalue weighted by atomic mass is 35.5. The van der Waals surface area contributed by atoms with Gasteiger partial charge < -0.3 is 10.5 Å². The Morgan fingerprint density at radius 3 is 2.47 bits per heavy atom. The molecular weight excluding hydrogens is 290 g/mol. The Hall–Kier alpha value is -1.27. The Bertz CT molecular complexity index is 596. The SMILES string of the molecule is CC(C)OC(=O)c1c(Cl)ccc(CS(C)(=O)=O)c1N. The van der Waals surface area contributed by atoms with Crippen LogP contribution in [0.1, 0.15) is 29.8 Å². The van der Waals surface area contributed by atoms with Gasteiger partial charge in [0.2, 0.25) is 0 Å². The van der Waals surface area contributed by atoms with E-state index in [-0.39, 0.29) is 28.1 Å². The molecule has 0 unspecified atom stereocenters. The van der Waals surface area contributed by atoms with E-state index in [4.69, 9.17) is 22.1 Å². The summed E-state index contributed by atoms with van der Waals surface area (Å²) in [5, 5.41) is 0.139. The molecule has 0 radical (unpaired) electrons. The average molecular weight is 306 g/mol. The van der Waals surface area contributed by atoms with Crippen LogP contribution in [-0.2, 0) is 20.3 Å². The summed E-state index contributed by atoms with van der Waals surface area (Å²) >= 11 is 5.92. The lowest BCUT2D eigenvalue weighted by atomic mass is 10.1. The summed E-state index contributed by atoms with van der Waals surface area (Å²) in [5.41, 5.74) is 6.21. The molecule has 0 spiro atoms. The zero-order valence-electron chi connectivity index (χ0n) is 10.9. The first kappa shape index (κ1) is 15.8. The Kier molecular flexibility index (Phi) is 4.81. The first-order chi connectivity index (χ1) is 8.61. The maximum atomic E-state index is 11.9. The molecule has 0 aromatic heterocycles. The van der Waals surface area contributed by atoms with Crippen molar-refractivity contribution in [2.75, 3.05) is 12.0 Å². The number of nitrogens with two attached hydrogens (primary N) is 1.